The lowest BCUT2D eigenvalue weighted by Crippen LogP contribution is -2.26. The first-order valence-corrected chi connectivity index (χ1v) is 9.01. The van der Waals surface area contributed by atoms with Crippen molar-refractivity contribution in [2.75, 3.05) is 18.4 Å². The topological polar surface area (TPSA) is 95.5 Å². The van der Waals surface area contributed by atoms with Crippen molar-refractivity contribution in [2.24, 2.45) is 0 Å². The zero-order valence-electron chi connectivity index (χ0n) is 13.1. The maximum absolute atomic E-state index is 12.4. The van der Waals surface area contributed by atoms with E-state index in [1.807, 2.05) is 13.8 Å². The summed E-state index contributed by atoms with van der Waals surface area (Å²) in [5.41, 5.74) is 0.380. The van der Waals surface area contributed by atoms with E-state index in [-0.39, 0.29) is 10.5 Å². The van der Waals surface area contributed by atoms with E-state index in [1.165, 1.54) is 18.2 Å². The third-order valence-electron chi connectivity index (χ3n) is 3.16. The van der Waals surface area contributed by atoms with Gasteiger partial charge in [-0.3, -0.25) is 0 Å². The van der Waals surface area contributed by atoms with Crippen LogP contribution < -0.4 is 10.0 Å². The SMILES string of the molecule is CCCCCNS(=O)(=O)c1cc(C(=O)O)ccc1NCCC. The fourth-order valence-corrected chi connectivity index (χ4v) is 3.22. The maximum atomic E-state index is 12.4. The van der Waals surface area contributed by atoms with Crippen LogP contribution in [-0.4, -0.2) is 32.6 Å². The quantitative estimate of drug-likeness (QED) is 0.574. The third kappa shape index (κ3) is 5.31. The molecular weight excluding hydrogens is 304 g/mol. The number of nitrogens with one attached hydrogen (secondary N) is 2. The predicted molar refractivity (Wildman–Crippen MR) is 86.9 cm³/mol. The van der Waals surface area contributed by atoms with Gasteiger partial charge in [0.1, 0.15) is 4.90 Å². The molecule has 0 radical (unpaired) electrons. The van der Waals surface area contributed by atoms with Crippen molar-refractivity contribution in [2.45, 2.75) is 44.4 Å². The molecule has 7 heteroatoms. The second-order valence-corrected chi connectivity index (χ2v) is 6.78. The fourth-order valence-electron chi connectivity index (χ4n) is 1.94. The molecule has 0 fully saturated rings. The van der Waals surface area contributed by atoms with Gasteiger partial charge in [-0.25, -0.2) is 17.9 Å². The highest BCUT2D eigenvalue weighted by atomic mass is 32.2. The van der Waals surface area contributed by atoms with Crippen LogP contribution in [0.4, 0.5) is 5.69 Å². The summed E-state index contributed by atoms with van der Waals surface area (Å²) in [6, 6.07) is 4.10. The number of carboxylic acid groups (broad SMARTS) is 1. The van der Waals surface area contributed by atoms with Crippen molar-refractivity contribution in [3.05, 3.63) is 23.8 Å². The Kier molecular flexibility index (Phi) is 7.34. The lowest BCUT2D eigenvalue weighted by Gasteiger charge is -2.13. The Labute approximate surface area is 132 Å². The molecule has 0 amide bonds. The van der Waals surface area contributed by atoms with Gasteiger partial charge in [-0.15, -0.1) is 0 Å². The largest absolute Gasteiger partial charge is 0.478 e. The second-order valence-electron chi connectivity index (χ2n) is 5.05. The van der Waals surface area contributed by atoms with Gasteiger partial charge in [0.25, 0.3) is 0 Å². The molecule has 0 bridgehead atoms. The molecule has 0 heterocycles. The van der Waals surface area contributed by atoms with E-state index in [4.69, 9.17) is 5.11 Å². The van der Waals surface area contributed by atoms with E-state index in [0.717, 1.165) is 25.7 Å². The van der Waals surface area contributed by atoms with Gasteiger partial charge in [0, 0.05) is 13.1 Å². The van der Waals surface area contributed by atoms with E-state index in [2.05, 4.69) is 10.0 Å². The number of carbonyl (C=O) groups is 1. The minimum absolute atomic E-state index is 0.0163. The molecule has 0 aliphatic carbocycles. The standard InChI is InChI=1S/C15H24N2O4S/c1-3-5-6-10-17-22(20,21)14-11-12(15(18)19)7-8-13(14)16-9-4-2/h7-8,11,16-17H,3-6,9-10H2,1-2H3,(H,18,19). The van der Waals surface area contributed by atoms with E-state index >= 15 is 0 Å². The van der Waals surface area contributed by atoms with Crippen molar-refractivity contribution in [1.29, 1.82) is 0 Å². The molecule has 124 valence electrons. The molecule has 0 saturated carbocycles. The summed E-state index contributed by atoms with van der Waals surface area (Å²) in [4.78, 5) is 11.1. The van der Waals surface area contributed by atoms with Crippen molar-refractivity contribution in [3.8, 4) is 0 Å². The summed E-state index contributed by atoms with van der Waals surface area (Å²) >= 11 is 0. The van der Waals surface area contributed by atoms with Crippen LogP contribution in [0.25, 0.3) is 0 Å². The third-order valence-corrected chi connectivity index (χ3v) is 4.66. The molecule has 3 N–H and O–H groups in total. The molecule has 0 spiro atoms. The lowest BCUT2D eigenvalue weighted by atomic mass is 10.2. The molecule has 0 saturated heterocycles. The molecule has 0 unspecified atom stereocenters. The Morgan fingerprint density at radius 2 is 1.86 bits per heavy atom. The van der Waals surface area contributed by atoms with E-state index in [0.29, 0.717) is 18.8 Å². The van der Waals surface area contributed by atoms with Gasteiger partial charge in [-0.05, 0) is 31.0 Å². The molecule has 1 aromatic carbocycles. The Morgan fingerprint density at radius 1 is 1.14 bits per heavy atom. The summed E-state index contributed by atoms with van der Waals surface area (Å²) in [7, 11) is -3.73. The number of anilines is 1. The minimum atomic E-state index is -3.73. The number of rotatable bonds is 10. The van der Waals surface area contributed by atoms with Crippen molar-refractivity contribution in [3.63, 3.8) is 0 Å². The van der Waals surface area contributed by atoms with Gasteiger partial charge in [-0.2, -0.15) is 0 Å². The van der Waals surface area contributed by atoms with E-state index in [9.17, 15) is 13.2 Å². The summed E-state index contributed by atoms with van der Waals surface area (Å²) in [5.74, 6) is -1.15. The summed E-state index contributed by atoms with van der Waals surface area (Å²) in [6.07, 6.45) is 3.54. The van der Waals surface area contributed by atoms with Crippen molar-refractivity contribution < 1.29 is 18.3 Å². The Bertz CT molecular complexity index is 600. The molecule has 0 aliphatic heterocycles. The normalized spacial score (nSPS) is 11.4. The van der Waals surface area contributed by atoms with E-state index < -0.39 is 16.0 Å². The van der Waals surface area contributed by atoms with Crippen LogP contribution in [0.1, 0.15) is 49.9 Å². The first-order valence-electron chi connectivity index (χ1n) is 7.53. The maximum Gasteiger partial charge on any atom is 0.335 e. The average Bonchev–Trinajstić information content (AvgIpc) is 2.49. The monoisotopic (exact) mass is 328 g/mol. The number of unbranched alkanes of at least 4 members (excludes halogenated alkanes) is 2. The molecule has 0 aliphatic rings. The number of hydrogen-bond acceptors (Lipinski definition) is 4. The van der Waals surface area contributed by atoms with Crippen molar-refractivity contribution >= 4 is 21.7 Å². The smallest absolute Gasteiger partial charge is 0.335 e. The Morgan fingerprint density at radius 3 is 2.45 bits per heavy atom. The van der Waals surface area contributed by atoms with Crippen molar-refractivity contribution in [1.82, 2.24) is 4.72 Å². The first kappa shape index (κ1) is 18.4. The Hall–Kier alpha value is -1.60. The van der Waals surface area contributed by atoms with Gasteiger partial charge in [0.2, 0.25) is 10.0 Å². The summed E-state index contributed by atoms with van der Waals surface area (Å²) in [6.45, 7) is 4.97. The second kappa shape index (κ2) is 8.75. The lowest BCUT2D eigenvalue weighted by molar-refractivity contribution is 0.0696. The highest BCUT2D eigenvalue weighted by molar-refractivity contribution is 7.89. The molecule has 1 rings (SSSR count). The molecule has 6 nitrogen and oxygen atoms in total. The predicted octanol–water partition coefficient (Wildman–Crippen LogP) is 2.68. The minimum Gasteiger partial charge on any atom is -0.478 e. The Balaban J connectivity index is 3.05. The fraction of sp³-hybridized carbons (Fsp3) is 0.533. The van der Waals surface area contributed by atoms with Crippen LogP contribution in [-0.2, 0) is 10.0 Å². The highest BCUT2D eigenvalue weighted by Gasteiger charge is 2.20. The zero-order chi connectivity index (χ0) is 16.6. The number of hydrogen-bond donors (Lipinski definition) is 3. The van der Waals surface area contributed by atoms with E-state index in [1.54, 1.807) is 0 Å². The summed E-state index contributed by atoms with van der Waals surface area (Å²) < 4.78 is 27.4. The number of aromatic carboxylic acids is 1. The molecule has 22 heavy (non-hydrogen) atoms. The molecule has 0 atom stereocenters. The highest BCUT2D eigenvalue weighted by Crippen LogP contribution is 2.23. The summed E-state index contributed by atoms with van der Waals surface area (Å²) in [5, 5.41) is 12.1. The van der Waals surface area contributed by atoms with Gasteiger partial charge in [-0.1, -0.05) is 26.7 Å². The van der Waals surface area contributed by atoms with Crippen LogP contribution in [0, 0.1) is 0 Å². The van der Waals surface area contributed by atoms with Crippen LogP contribution in [0.15, 0.2) is 23.1 Å². The number of carboxylic acids is 1. The van der Waals surface area contributed by atoms with Gasteiger partial charge in [0.05, 0.1) is 11.3 Å². The number of sulfonamides is 1. The number of benzene rings is 1. The molecule has 1 aromatic rings. The van der Waals surface area contributed by atoms with Gasteiger partial charge >= 0.3 is 5.97 Å². The zero-order valence-corrected chi connectivity index (χ0v) is 13.9. The molecular formula is C15H24N2O4S. The van der Waals surface area contributed by atoms with Crippen LogP contribution >= 0.6 is 0 Å². The first-order chi connectivity index (χ1) is 10.4. The van der Waals surface area contributed by atoms with Crippen LogP contribution in [0.5, 0.6) is 0 Å². The van der Waals surface area contributed by atoms with Crippen LogP contribution in [0.2, 0.25) is 0 Å². The van der Waals surface area contributed by atoms with Crippen LogP contribution in [0.3, 0.4) is 0 Å². The van der Waals surface area contributed by atoms with Gasteiger partial charge in [0.15, 0.2) is 0 Å². The average molecular weight is 328 g/mol. The van der Waals surface area contributed by atoms with Gasteiger partial charge < -0.3 is 10.4 Å². The molecule has 0 aromatic heterocycles.